The Morgan fingerprint density at radius 1 is 1.24 bits per heavy atom. The number of carbonyl (C=O) groups excluding carboxylic acids is 2. The molecule has 6 heteroatoms. The number of nitrogens with one attached hydrogen (secondary N) is 1. The van der Waals surface area contributed by atoms with Gasteiger partial charge in [0.05, 0.1) is 11.6 Å². The molecule has 0 fully saturated rings. The van der Waals surface area contributed by atoms with Gasteiger partial charge < -0.3 is 10.1 Å². The maximum Gasteiger partial charge on any atom is 0.331 e. The fourth-order valence-electron chi connectivity index (χ4n) is 1.95. The molecule has 0 unspecified atom stereocenters. The summed E-state index contributed by atoms with van der Waals surface area (Å²) in [5, 5.41) is 11.5. The largest absolute Gasteiger partial charge is 0.449 e. The number of hydrogen-bond acceptors (Lipinski definition) is 4. The predicted molar refractivity (Wildman–Crippen MR) is 98.5 cm³/mol. The number of amides is 1. The van der Waals surface area contributed by atoms with Gasteiger partial charge in [0.25, 0.3) is 5.91 Å². The number of rotatable bonds is 5. The van der Waals surface area contributed by atoms with Crippen molar-refractivity contribution in [3.8, 4) is 6.07 Å². The smallest absolute Gasteiger partial charge is 0.331 e. The minimum Gasteiger partial charge on any atom is -0.449 e. The molecule has 2 aromatic carbocycles. The van der Waals surface area contributed by atoms with Crippen molar-refractivity contribution in [3.63, 3.8) is 0 Å². The van der Waals surface area contributed by atoms with Gasteiger partial charge in [-0.3, -0.25) is 4.79 Å². The quantitative estimate of drug-likeness (QED) is 0.611. The van der Waals surface area contributed by atoms with Crippen molar-refractivity contribution in [1.82, 2.24) is 0 Å². The van der Waals surface area contributed by atoms with Crippen LogP contribution in [0.15, 0.2) is 59.1 Å². The van der Waals surface area contributed by atoms with Crippen LogP contribution in [-0.4, -0.2) is 18.0 Å². The zero-order valence-corrected chi connectivity index (χ0v) is 15.0. The number of esters is 1. The Balaban J connectivity index is 1.91. The molecule has 0 saturated heterocycles. The molecule has 25 heavy (non-hydrogen) atoms. The first-order valence-corrected chi connectivity index (χ1v) is 8.22. The van der Waals surface area contributed by atoms with E-state index in [-0.39, 0.29) is 0 Å². The summed E-state index contributed by atoms with van der Waals surface area (Å²) in [6.07, 6.45) is 1.90. The summed E-state index contributed by atoms with van der Waals surface area (Å²) in [6, 6.07) is 15.9. The average Bonchev–Trinajstić information content (AvgIpc) is 2.60. The van der Waals surface area contributed by atoms with Crippen molar-refractivity contribution < 1.29 is 14.3 Å². The highest BCUT2D eigenvalue weighted by Crippen LogP contribution is 2.13. The molecule has 0 radical (unpaired) electrons. The number of carbonyl (C=O) groups is 2. The molecule has 1 atom stereocenters. The third-order valence-electron chi connectivity index (χ3n) is 3.18. The van der Waals surface area contributed by atoms with Crippen LogP contribution in [-0.2, 0) is 14.3 Å². The van der Waals surface area contributed by atoms with E-state index in [0.29, 0.717) is 11.3 Å². The average molecular weight is 399 g/mol. The second-order valence-corrected chi connectivity index (χ2v) is 6.06. The highest BCUT2D eigenvalue weighted by molar-refractivity contribution is 9.10. The summed E-state index contributed by atoms with van der Waals surface area (Å²) >= 11 is 3.35. The fraction of sp³-hybridized carbons (Fsp3) is 0.105. The number of ether oxygens (including phenoxy) is 1. The van der Waals surface area contributed by atoms with Crippen LogP contribution in [0.1, 0.15) is 18.1 Å². The minimum absolute atomic E-state index is 0.430. The molecule has 2 rings (SSSR count). The molecule has 0 heterocycles. The maximum atomic E-state index is 12.1. The monoisotopic (exact) mass is 398 g/mol. The summed E-state index contributed by atoms with van der Waals surface area (Å²) < 4.78 is 5.98. The van der Waals surface area contributed by atoms with E-state index < -0.39 is 18.0 Å². The van der Waals surface area contributed by atoms with E-state index in [2.05, 4.69) is 21.2 Å². The SMILES string of the molecule is C[C@@H](OC(=O)/C=C/c1cccc(Br)c1)C(=O)Nc1cccc(C#N)c1. The lowest BCUT2D eigenvalue weighted by Crippen LogP contribution is -2.29. The van der Waals surface area contributed by atoms with E-state index >= 15 is 0 Å². The highest BCUT2D eigenvalue weighted by Gasteiger charge is 2.16. The molecule has 0 aromatic heterocycles. The van der Waals surface area contributed by atoms with Gasteiger partial charge in [-0.25, -0.2) is 4.79 Å². The Hall–Kier alpha value is -2.91. The van der Waals surface area contributed by atoms with Crippen LogP contribution in [0.25, 0.3) is 6.08 Å². The molecule has 0 aliphatic carbocycles. The summed E-state index contributed by atoms with van der Waals surface area (Å²) in [4.78, 5) is 23.9. The Morgan fingerprint density at radius 2 is 2.00 bits per heavy atom. The van der Waals surface area contributed by atoms with Crippen molar-refractivity contribution >= 4 is 39.6 Å². The number of anilines is 1. The van der Waals surface area contributed by atoms with Crippen LogP contribution in [0.4, 0.5) is 5.69 Å². The van der Waals surface area contributed by atoms with E-state index in [9.17, 15) is 9.59 Å². The fourth-order valence-corrected chi connectivity index (χ4v) is 2.37. The summed E-state index contributed by atoms with van der Waals surface area (Å²) in [5.74, 6) is -1.09. The van der Waals surface area contributed by atoms with Gasteiger partial charge >= 0.3 is 5.97 Å². The number of halogens is 1. The number of nitrogens with zero attached hydrogens (tertiary/aromatic N) is 1. The summed E-state index contributed by atoms with van der Waals surface area (Å²) in [5.41, 5.74) is 1.73. The molecule has 1 N–H and O–H groups in total. The van der Waals surface area contributed by atoms with Gasteiger partial charge in [0, 0.05) is 16.2 Å². The molecule has 1 amide bonds. The Labute approximate surface area is 154 Å². The zero-order valence-electron chi connectivity index (χ0n) is 13.4. The molecule has 0 bridgehead atoms. The molecule has 0 aliphatic rings. The van der Waals surface area contributed by atoms with Crippen molar-refractivity contribution in [2.75, 3.05) is 5.32 Å². The summed E-state index contributed by atoms with van der Waals surface area (Å²) in [6.45, 7) is 1.48. The molecule has 0 spiro atoms. The lowest BCUT2D eigenvalue weighted by Gasteiger charge is -2.12. The number of nitriles is 1. The normalized spacial score (nSPS) is 11.6. The third-order valence-corrected chi connectivity index (χ3v) is 3.68. The third kappa shape index (κ3) is 5.90. The minimum atomic E-state index is -0.967. The van der Waals surface area contributed by atoms with Crippen LogP contribution < -0.4 is 5.32 Å². The van der Waals surface area contributed by atoms with E-state index in [0.717, 1.165) is 10.0 Å². The van der Waals surface area contributed by atoms with E-state index in [1.54, 1.807) is 30.3 Å². The zero-order chi connectivity index (χ0) is 18.2. The molecular weight excluding hydrogens is 384 g/mol. The van der Waals surface area contributed by atoms with E-state index in [1.165, 1.54) is 13.0 Å². The second-order valence-electron chi connectivity index (χ2n) is 5.15. The number of hydrogen-bond donors (Lipinski definition) is 1. The van der Waals surface area contributed by atoms with Crippen LogP contribution in [0.3, 0.4) is 0 Å². The van der Waals surface area contributed by atoms with Crippen LogP contribution in [0.2, 0.25) is 0 Å². The second kappa shape index (κ2) is 8.81. The van der Waals surface area contributed by atoms with Crippen LogP contribution in [0, 0.1) is 11.3 Å². The van der Waals surface area contributed by atoms with E-state index in [1.807, 2.05) is 30.3 Å². The Kier molecular flexibility index (Phi) is 6.49. The highest BCUT2D eigenvalue weighted by atomic mass is 79.9. The molecule has 2 aromatic rings. The molecule has 0 saturated carbocycles. The van der Waals surface area contributed by atoms with Crippen molar-refractivity contribution in [2.45, 2.75) is 13.0 Å². The van der Waals surface area contributed by atoms with Crippen molar-refractivity contribution in [3.05, 3.63) is 70.2 Å². The molecule has 126 valence electrons. The topological polar surface area (TPSA) is 79.2 Å². The molecule has 5 nitrogen and oxygen atoms in total. The molecule has 0 aliphatic heterocycles. The van der Waals surface area contributed by atoms with Crippen LogP contribution in [0.5, 0.6) is 0 Å². The van der Waals surface area contributed by atoms with Gasteiger partial charge in [-0.05, 0) is 48.9 Å². The summed E-state index contributed by atoms with van der Waals surface area (Å²) in [7, 11) is 0. The maximum absolute atomic E-state index is 12.1. The van der Waals surface area contributed by atoms with Gasteiger partial charge in [-0.1, -0.05) is 34.1 Å². The van der Waals surface area contributed by atoms with Gasteiger partial charge in [-0.2, -0.15) is 5.26 Å². The first-order valence-electron chi connectivity index (χ1n) is 7.43. The first kappa shape index (κ1) is 18.4. The lowest BCUT2D eigenvalue weighted by atomic mass is 10.2. The van der Waals surface area contributed by atoms with Gasteiger partial charge in [-0.15, -0.1) is 0 Å². The predicted octanol–water partition coefficient (Wildman–Crippen LogP) is 3.90. The van der Waals surface area contributed by atoms with Gasteiger partial charge in [0.2, 0.25) is 0 Å². The van der Waals surface area contributed by atoms with E-state index in [4.69, 9.17) is 10.00 Å². The lowest BCUT2D eigenvalue weighted by molar-refractivity contribution is -0.148. The van der Waals surface area contributed by atoms with Crippen molar-refractivity contribution in [2.24, 2.45) is 0 Å². The van der Waals surface area contributed by atoms with Crippen molar-refractivity contribution in [1.29, 1.82) is 5.26 Å². The Bertz CT molecular complexity index is 856. The van der Waals surface area contributed by atoms with Crippen LogP contribution >= 0.6 is 15.9 Å². The first-order chi connectivity index (χ1) is 12.0. The van der Waals surface area contributed by atoms with Gasteiger partial charge in [0.1, 0.15) is 0 Å². The molecular formula is C19H15BrN2O3. The standard InChI is InChI=1S/C19H15BrN2O3/c1-13(19(24)22-17-7-3-5-15(11-17)12-21)25-18(23)9-8-14-4-2-6-16(20)10-14/h2-11,13H,1H3,(H,22,24)/b9-8+/t13-/m1/s1. The van der Waals surface area contributed by atoms with Gasteiger partial charge in [0.15, 0.2) is 6.10 Å². The number of benzene rings is 2. The Morgan fingerprint density at radius 3 is 2.72 bits per heavy atom.